The molecule has 0 saturated heterocycles. The third-order valence-corrected chi connectivity index (χ3v) is 2.48. The highest BCUT2D eigenvalue weighted by Crippen LogP contribution is 2.22. The minimum atomic E-state index is -4.28. The van der Waals surface area contributed by atoms with E-state index in [-0.39, 0.29) is 24.2 Å². The van der Waals surface area contributed by atoms with Crippen molar-refractivity contribution < 1.29 is 13.2 Å². The summed E-state index contributed by atoms with van der Waals surface area (Å²) in [5, 5.41) is 0. The van der Waals surface area contributed by atoms with E-state index in [0.29, 0.717) is 5.69 Å². The molecule has 0 saturated carbocycles. The molecule has 1 aromatic rings. The number of halogens is 4. The van der Waals surface area contributed by atoms with Crippen LogP contribution in [-0.4, -0.2) is 35.1 Å². The third-order valence-electron chi connectivity index (χ3n) is 2.31. The lowest BCUT2D eigenvalue weighted by molar-refractivity contribution is -0.119. The van der Waals surface area contributed by atoms with Gasteiger partial charge in [-0.2, -0.15) is 13.2 Å². The summed E-state index contributed by atoms with van der Waals surface area (Å²) in [6.07, 6.45) is -3.00. The Balaban J connectivity index is 2.94. The largest absolute Gasteiger partial charge is 0.405 e. The molecule has 3 nitrogen and oxygen atoms in total. The van der Waals surface area contributed by atoms with E-state index in [1.807, 2.05) is 13.8 Å². The van der Waals surface area contributed by atoms with Gasteiger partial charge in [0.25, 0.3) is 0 Å². The maximum absolute atomic E-state index is 12.4. The van der Waals surface area contributed by atoms with Gasteiger partial charge in [0.05, 0.1) is 0 Å². The van der Waals surface area contributed by atoms with E-state index in [1.165, 1.54) is 6.33 Å². The molecule has 0 amide bonds. The Morgan fingerprint density at radius 3 is 2.50 bits per heavy atom. The van der Waals surface area contributed by atoms with E-state index in [1.54, 1.807) is 6.07 Å². The van der Waals surface area contributed by atoms with Gasteiger partial charge in [-0.05, 0) is 5.92 Å². The van der Waals surface area contributed by atoms with Crippen LogP contribution in [0.3, 0.4) is 0 Å². The second kappa shape index (κ2) is 6.22. The monoisotopic (exact) mass is 281 g/mol. The summed E-state index contributed by atoms with van der Waals surface area (Å²) < 4.78 is 37.3. The first-order valence-electron chi connectivity index (χ1n) is 5.53. The Morgan fingerprint density at radius 2 is 2.00 bits per heavy atom. The average Bonchev–Trinajstić information content (AvgIpc) is 2.27. The number of rotatable bonds is 5. The normalized spacial score (nSPS) is 11.9. The van der Waals surface area contributed by atoms with Gasteiger partial charge >= 0.3 is 6.18 Å². The molecule has 0 aliphatic heterocycles. The summed E-state index contributed by atoms with van der Waals surface area (Å²) >= 11 is 5.52. The number of hydrogen-bond acceptors (Lipinski definition) is 3. The summed E-state index contributed by atoms with van der Waals surface area (Å²) in [5.41, 5.74) is 0.710. The number of aromatic nitrogens is 2. The van der Waals surface area contributed by atoms with E-state index < -0.39 is 12.7 Å². The Morgan fingerprint density at radius 1 is 1.33 bits per heavy atom. The van der Waals surface area contributed by atoms with Crippen LogP contribution >= 0.6 is 11.6 Å². The van der Waals surface area contributed by atoms with Crippen molar-refractivity contribution in [1.82, 2.24) is 9.97 Å². The molecule has 1 aromatic heterocycles. The van der Waals surface area contributed by atoms with Crippen LogP contribution in [0.4, 0.5) is 19.0 Å². The molecule has 102 valence electrons. The van der Waals surface area contributed by atoms with Crippen molar-refractivity contribution in [1.29, 1.82) is 0 Å². The first-order chi connectivity index (χ1) is 8.33. The molecule has 0 spiro atoms. The van der Waals surface area contributed by atoms with Gasteiger partial charge in [0.1, 0.15) is 18.7 Å². The minimum absolute atomic E-state index is 0.0929. The van der Waals surface area contributed by atoms with Gasteiger partial charge in [-0.3, -0.25) is 0 Å². The molecule has 0 fully saturated rings. The van der Waals surface area contributed by atoms with Gasteiger partial charge in [0, 0.05) is 24.2 Å². The van der Waals surface area contributed by atoms with Crippen LogP contribution < -0.4 is 4.90 Å². The van der Waals surface area contributed by atoms with Gasteiger partial charge in [0.2, 0.25) is 0 Å². The maximum Gasteiger partial charge on any atom is 0.405 e. The predicted molar refractivity (Wildman–Crippen MR) is 65.1 cm³/mol. The molecule has 1 heterocycles. The highest BCUT2D eigenvalue weighted by molar-refractivity contribution is 6.18. The second-order valence-electron chi connectivity index (χ2n) is 4.18. The van der Waals surface area contributed by atoms with Gasteiger partial charge in [-0.15, -0.1) is 11.6 Å². The first-order valence-corrected chi connectivity index (χ1v) is 6.06. The molecule has 0 atom stereocenters. The van der Waals surface area contributed by atoms with E-state index >= 15 is 0 Å². The van der Waals surface area contributed by atoms with E-state index in [0.717, 1.165) is 4.90 Å². The van der Waals surface area contributed by atoms with E-state index in [4.69, 9.17) is 11.6 Å². The molecule has 0 radical (unpaired) electrons. The molecule has 0 aliphatic rings. The van der Waals surface area contributed by atoms with E-state index in [2.05, 4.69) is 9.97 Å². The summed E-state index contributed by atoms with van der Waals surface area (Å²) in [5.74, 6) is 0.499. The van der Waals surface area contributed by atoms with Crippen LogP contribution in [0.15, 0.2) is 12.4 Å². The Kier molecular flexibility index (Phi) is 5.19. The van der Waals surface area contributed by atoms with Gasteiger partial charge in [-0.1, -0.05) is 13.8 Å². The fourth-order valence-electron chi connectivity index (χ4n) is 1.44. The highest BCUT2D eigenvalue weighted by Gasteiger charge is 2.31. The molecular formula is C11H15ClF3N3. The fraction of sp³-hybridized carbons (Fsp3) is 0.636. The van der Waals surface area contributed by atoms with Crippen molar-refractivity contribution in [3.8, 4) is 0 Å². The Labute approximate surface area is 109 Å². The average molecular weight is 282 g/mol. The van der Waals surface area contributed by atoms with E-state index in [9.17, 15) is 13.2 Å². The topological polar surface area (TPSA) is 29.0 Å². The van der Waals surface area contributed by atoms with Crippen molar-refractivity contribution in [3.05, 3.63) is 18.1 Å². The van der Waals surface area contributed by atoms with Gasteiger partial charge < -0.3 is 4.90 Å². The third kappa shape index (κ3) is 4.68. The van der Waals surface area contributed by atoms with Crippen LogP contribution in [0.1, 0.15) is 25.5 Å². The number of hydrogen-bond donors (Lipinski definition) is 0. The zero-order valence-corrected chi connectivity index (χ0v) is 11.0. The number of anilines is 1. The minimum Gasteiger partial charge on any atom is -0.346 e. The SMILES string of the molecule is CC(C)c1cc(N(CCCl)CC(F)(F)F)ncn1. The first kappa shape index (κ1) is 15.0. The van der Waals surface area contributed by atoms with Crippen LogP contribution in [0.5, 0.6) is 0 Å². The van der Waals surface area contributed by atoms with Gasteiger partial charge in [-0.25, -0.2) is 9.97 Å². The highest BCUT2D eigenvalue weighted by atomic mass is 35.5. The summed E-state index contributed by atoms with van der Waals surface area (Å²) in [4.78, 5) is 9.02. The standard InChI is InChI=1S/C11H15ClF3N3/c1-8(2)9-5-10(17-7-16-9)18(4-3-12)6-11(13,14)15/h5,7-8H,3-4,6H2,1-2H3. The molecule has 0 aromatic carbocycles. The zero-order chi connectivity index (χ0) is 13.8. The van der Waals surface area contributed by atoms with Crippen molar-refractivity contribution in [2.75, 3.05) is 23.9 Å². The molecule has 0 N–H and O–H groups in total. The van der Waals surface area contributed by atoms with Crippen molar-refractivity contribution in [3.63, 3.8) is 0 Å². The van der Waals surface area contributed by atoms with Crippen LogP contribution in [0, 0.1) is 0 Å². The van der Waals surface area contributed by atoms with Crippen molar-refractivity contribution in [2.24, 2.45) is 0 Å². The zero-order valence-electron chi connectivity index (χ0n) is 10.2. The molecule has 18 heavy (non-hydrogen) atoms. The quantitative estimate of drug-likeness (QED) is 0.776. The Hall–Kier alpha value is -1.04. The molecule has 0 unspecified atom stereocenters. The van der Waals surface area contributed by atoms with Crippen molar-refractivity contribution >= 4 is 17.4 Å². The lowest BCUT2D eigenvalue weighted by atomic mass is 10.1. The lowest BCUT2D eigenvalue weighted by Crippen LogP contribution is -2.36. The van der Waals surface area contributed by atoms with Crippen LogP contribution in [-0.2, 0) is 0 Å². The van der Waals surface area contributed by atoms with Crippen molar-refractivity contribution in [2.45, 2.75) is 25.9 Å². The smallest absolute Gasteiger partial charge is 0.346 e. The lowest BCUT2D eigenvalue weighted by Gasteiger charge is -2.24. The predicted octanol–water partition coefficient (Wildman–Crippen LogP) is 3.21. The van der Waals surface area contributed by atoms with Gasteiger partial charge in [0.15, 0.2) is 0 Å². The molecule has 0 aliphatic carbocycles. The second-order valence-corrected chi connectivity index (χ2v) is 4.56. The fourth-order valence-corrected chi connectivity index (χ4v) is 1.65. The molecular weight excluding hydrogens is 267 g/mol. The summed E-state index contributed by atoms with van der Waals surface area (Å²) in [6.45, 7) is 2.87. The summed E-state index contributed by atoms with van der Waals surface area (Å²) in [6, 6.07) is 1.57. The van der Waals surface area contributed by atoms with Crippen LogP contribution in [0.2, 0.25) is 0 Å². The number of alkyl halides is 4. The maximum atomic E-state index is 12.4. The number of nitrogens with zero attached hydrogens (tertiary/aromatic N) is 3. The molecule has 1 rings (SSSR count). The van der Waals surface area contributed by atoms with Crippen LogP contribution in [0.25, 0.3) is 0 Å². The Bertz CT molecular complexity index is 382. The molecule has 0 bridgehead atoms. The summed E-state index contributed by atoms with van der Waals surface area (Å²) in [7, 11) is 0. The molecule has 7 heteroatoms.